The van der Waals surface area contributed by atoms with Gasteiger partial charge in [0.05, 0.1) is 36.2 Å². The van der Waals surface area contributed by atoms with Gasteiger partial charge < -0.3 is 18.9 Å². The van der Waals surface area contributed by atoms with Crippen molar-refractivity contribution in [3.8, 4) is 0 Å². The van der Waals surface area contributed by atoms with E-state index in [4.69, 9.17) is 24.5 Å². The molecule has 1 aromatic rings. The Labute approximate surface area is 194 Å². The first kappa shape index (κ1) is 25.3. The summed E-state index contributed by atoms with van der Waals surface area (Å²) in [4.78, 5) is 41.4. The Bertz CT molecular complexity index is 1040. The molecule has 13 heteroatoms. The Morgan fingerprint density at radius 1 is 1.45 bits per heavy atom. The van der Waals surface area contributed by atoms with Crippen molar-refractivity contribution < 1.29 is 23.7 Å². The number of carbonyl (C=O) groups excluding carboxylic acids is 1. The quantitative estimate of drug-likeness (QED) is 0.184. The molecule has 0 bridgehead atoms. The summed E-state index contributed by atoms with van der Waals surface area (Å²) in [5, 5.41) is 3.73. The first-order valence-electron chi connectivity index (χ1n) is 10.5. The predicted molar refractivity (Wildman–Crippen MR) is 120 cm³/mol. The van der Waals surface area contributed by atoms with Crippen molar-refractivity contribution in [3.05, 3.63) is 43.0 Å². The third-order valence-corrected chi connectivity index (χ3v) is 6.14. The zero-order chi connectivity index (χ0) is 24.2. The summed E-state index contributed by atoms with van der Waals surface area (Å²) < 4.78 is 24.2. The van der Waals surface area contributed by atoms with Crippen molar-refractivity contribution in [2.45, 2.75) is 69.6 Å². The first-order valence-corrected chi connectivity index (χ1v) is 11.9. The van der Waals surface area contributed by atoms with Crippen molar-refractivity contribution in [2.24, 2.45) is 5.11 Å². The lowest BCUT2D eigenvalue weighted by molar-refractivity contribution is -0.154. The van der Waals surface area contributed by atoms with Gasteiger partial charge in [-0.15, -0.1) is 11.8 Å². The number of H-pyrrole nitrogens is 1. The lowest BCUT2D eigenvalue weighted by Crippen LogP contribution is -2.34. The second-order valence-corrected chi connectivity index (χ2v) is 9.70. The van der Waals surface area contributed by atoms with E-state index in [2.05, 4.69) is 15.0 Å². The second kappa shape index (κ2) is 10.3. The molecule has 1 unspecified atom stereocenters. The molecule has 2 fully saturated rings. The van der Waals surface area contributed by atoms with Gasteiger partial charge in [0.15, 0.2) is 0 Å². The van der Waals surface area contributed by atoms with Crippen LogP contribution < -0.4 is 11.2 Å². The van der Waals surface area contributed by atoms with Crippen LogP contribution in [0.1, 0.15) is 44.9 Å². The number of esters is 1. The number of nitrogens with one attached hydrogen (secondary N) is 1. The van der Waals surface area contributed by atoms with Crippen LogP contribution in [0.4, 0.5) is 0 Å². The van der Waals surface area contributed by atoms with Crippen molar-refractivity contribution >= 4 is 17.7 Å². The van der Waals surface area contributed by atoms with E-state index >= 15 is 0 Å². The standard InChI is InChI=1S/C20H29N5O7S/c1-12-7-25(18(28)22-17(12)27)15-5-13(23-24-21)14(32-15)8-29-16(26)6-19(2)9-20(3,10-30-19)31-11-33-4/h7,13-15H,5-6,8-11H2,1-4H3,(H,22,27,28)/t13-,14+,15+,19?,20-/m0/s1. The lowest BCUT2D eigenvalue weighted by Gasteiger charge is -2.26. The Hall–Kier alpha value is -2.31. The van der Waals surface area contributed by atoms with Gasteiger partial charge in [-0.3, -0.25) is 19.1 Å². The topological polar surface area (TPSA) is 158 Å². The van der Waals surface area contributed by atoms with Crippen LogP contribution in [0.15, 0.2) is 20.9 Å². The number of carbonyl (C=O) groups is 1. The largest absolute Gasteiger partial charge is 0.463 e. The minimum atomic E-state index is -0.766. The Balaban J connectivity index is 1.60. The van der Waals surface area contributed by atoms with Gasteiger partial charge >= 0.3 is 11.7 Å². The molecular weight excluding hydrogens is 454 g/mol. The van der Waals surface area contributed by atoms with Crippen LogP contribution in [-0.4, -0.2) is 64.3 Å². The molecule has 0 aromatic carbocycles. The Morgan fingerprint density at radius 3 is 2.91 bits per heavy atom. The molecule has 3 heterocycles. The van der Waals surface area contributed by atoms with Crippen LogP contribution in [0.5, 0.6) is 0 Å². The first-order chi connectivity index (χ1) is 15.6. The summed E-state index contributed by atoms with van der Waals surface area (Å²) in [5.74, 6) is 0.0645. The van der Waals surface area contributed by atoms with E-state index in [1.807, 2.05) is 20.1 Å². The Morgan fingerprint density at radius 2 is 2.21 bits per heavy atom. The monoisotopic (exact) mass is 483 g/mol. The van der Waals surface area contributed by atoms with Gasteiger partial charge in [0.2, 0.25) is 0 Å². The van der Waals surface area contributed by atoms with E-state index in [-0.39, 0.29) is 19.4 Å². The second-order valence-electron chi connectivity index (χ2n) is 8.89. The summed E-state index contributed by atoms with van der Waals surface area (Å²) >= 11 is 1.57. The molecule has 1 aromatic heterocycles. The van der Waals surface area contributed by atoms with Crippen LogP contribution in [0.3, 0.4) is 0 Å². The molecule has 2 saturated heterocycles. The average molecular weight is 484 g/mol. The number of aromatic amines is 1. The van der Waals surface area contributed by atoms with Crippen molar-refractivity contribution in [2.75, 3.05) is 25.4 Å². The lowest BCUT2D eigenvalue weighted by atomic mass is 9.91. The SMILES string of the molecule is CSCO[C@]1(C)COC(C)(CC(=O)OC[C@H]2O[C@@H](n3cc(C)c(=O)[nH]c3=O)C[C@@H]2N=[N+]=[N-])C1. The van der Waals surface area contributed by atoms with Crippen LogP contribution >= 0.6 is 11.8 Å². The van der Waals surface area contributed by atoms with Crippen LogP contribution in [0.2, 0.25) is 0 Å². The molecule has 2 aliphatic heterocycles. The highest BCUT2D eigenvalue weighted by Crippen LogP contribution is 2.38. The number of hydrogen-bond donors (Lipinski definition) is 1. The van der Waals surface area contributed by atoms with Gasteiger partial charge in [-0.25, -0.2) is 4.79 Å². The van der Waals surface area contributed by atoms with E-state index < -0.39 is 46.8 Å². The van der Waals surface area contributed by atoms with Crippen molar-refractivity contribution in [3.63, 3.8) is 0 Å². The van der Waals surface area contributed by atoms with Crippen LogP contribution in [-0.2, 0) is 23.7 Å². The van der Waals surface area contributed by atoms with Gasteiger partial charge in [0.25, 0.3) is 5.56 Å². The summed E-state index contributed by atoms with van der Waals surface area (Å²) in [6, 6.07) is -0.645. The zero-order valence-electron chi connectivity index (χ0n) is 19.1. The molecule has 5 atom stereocenters. The fraction of sp³-hybridized carbons (Fsp3) is 0.750. The molecule has 0 saturated carbocycles. The minimum Gasteiger partial charge on any atom is -0.463 e. The summed E-state index contributed by atoms with van der Waals surface area (Å²) in [5.41, 5.74) is 6.94. The zero-order valence-corrected chi connectivity index (χ0v) is 19.9. The molecule has 3 rings (SSSR count). The fourth-order valence-corrected chi connectivity index (χ4v) is 4.58. The maximum Gasteiger partial charge on any atom is 0.330 e. The molecule has 0 aliphatic carbocycles. The summed E-state index contributed by atoms with van der Waals surface area (Å²) in [6.45, 7) is 5.61. The van der Waals surface area contributed by atoms with Gasteiger partial charge in [-0.05, 0) is 32.6 Å². The maximum absolute atomic E-state index is 12.5. The number of hydrogen-bond acceptors (Lipinski definition) is 9. The highest BCUT2D eigenvalue weighted by Gasteiger charge is 2.46. The normalized spacial score (nSPS) is 31.3. The molecular formula is C20H29N5O7S. The van der Waals surface area contributed by atoms with E-state index in [0.717, 1.165) is 0 Å². The van der Waals surface area contributed by atoms with Crippen LogP contribution in [0.25, 0.3) is 10.4 Å². The number of ether oxygens (including phenoxy) is 4. The molecule has 33 heavy (non-hydrogen) atoms. The van der Waals surface area contributed by atoms with E-state index in [1.165, 1.54) is 10.8 Å². The highest BCUT2D eigenvalue weighted by molar-refractivity contribution is 7.98. The molecule has 2 aliphatic rings. The van der Waals surface area contributed by atoms with E-state index in [0.29, 0.717) is 24.5 Å². The molecule has 12 nitrogen and oxygen atoms in total. The number of azide groups is 1. The highest BCUT2D eigenvalue weighted by atomic mass is 32.2. The van der Waals surface area contributed by atoms with E-state index in [9.17, 15) is 14.4 Å². The third kappa shape index (κ3) is 6.18. The number of aromatic nitrogens is 2. The van der Waals surface area contributed by atoms with Crippen molar-refractivity contribution in [1.29, 1.82) is 0 Å². The molecule has 0 spiro atoms. The molecule has 182 valence electrons. The molecule has 0 amide bonds. The number of thioether (sulfide) groups is 1. The molecule has 0 radical (unpaired) electrons. The number of nitrogens with zero attached hydrogens (tertiary/aromatic N) is 4. The fourth-order valence-electron chi connectivity index (χ4n) is 4.18. The smallest absolute Gasteiger partial charge is 0.330 e. The van der Waals surface area contributed by atoms with Crippen LogP contribution in [0, 0.1) is 6.92 Å². The summed E-state index contributed by atoms with van der Waals surface area (Å²) in [7, 11) is 0. The summed E-state index contributed by atoms with van der Waals surface area (Å²) in [6.07, 6.45) is 2.62. The Kier molecular flexibility index (Phi) is 7.91. The van der Waals surface area contributed by atoms with Gasteiger partial charge in [0, 0.05) is 29.5 Å². The maximum atomic E-state index is 12.5. The van der Waals surface area contributed by atoms with Gasteiger partial charge in [-0.1, -0.05) is 5.11 Å². The predicted octanol–water partition coefficient (Wildman–Crippen LogP) is 2.02. The van der Waals surface area contributed by atoms with E-state index in [1.54, 1.807) is 18.7 Å². The van der Waals surface area contributed by atoms with Gasteiger partial charge in [-0.2, -0.15) is 0 Å². The average Bonchev–Trinajstić information content (AvgIpc) is 3.28. The number of rotatable bonds is 9. The third-order valence-electron chi connectivity index (χ3n) is 5.79. The van der Waals surface area contributed by atoms with Crippen molar-refractivity contribution in [1.82, 2.24) is 9.55 Å². The number of aryl methyl sites for hydroxylation is 1. The van der Waals surface area contributed by atoms with Gasteiger partial charge in [0.1, 0.15) is 18.9 Å². The molecule has 1 N–H and O–H groups in total. The minimum absolute atomic E-state index is 0.0339.